The molecular weight excluding hydrogens is 488 g/mol. The minimum atomic E-state index is -0.658. The number of nitrogens with one attached hydrogen (secondary N) is 3. The number of anilines is 5. The van der Waals surface area contributed by atoms with Crippen molar-refractivity contribution in [3.63, 3.8) is 0 Å². The Morgan fingerprint density at radius 2 is 1.89 bits per heavy atom. The maximum Gasteiger partial charge on any atom is 0.412 e. The van der Waals surface area contributed by atoms with Crippen LogP contribution in [-0.2, 0) is 14.3 Å². The van der Waals surface area contributed by atoms with E-state index in [-0.39, 0.29) is 24.7 Å². The number of carbonyl (C=O) groups excluding carboxylic acids is 2. The van der Waals surface area contributed by atoms with Gasteiger partial charge in [0.2, 0.25) is 5.95 Å². The first kappa shape index (κ1) is 28.5. The highest BCUT2D eigenvalue weighted by molar-refractivity contribution is 5.91. The van der Waals surface area contributed by atoms with Gasteiger partial charge in [-0.2, -0.15) is 10.2 Å². The first-order chi connectivity index (χ1) is 18.1. The lowest BCUT2D eigenvalue weighted by molar-refractivity contribution is -0.140. The molecular formula is C26H36N8O4. The van der Waals surface area contributed by atoms with Crippen LogP contribution in [0, 0.1) is 11.3 Å². The van der Waals surface area contributed by atoms with Crippen LogP contribution in [0.25, 0.3) is 0 Å². The molecule has 0 aliphatic carbocycles. The van der Waals surface area contributed by atoms with E-state index in [2.05, 4.69) is 42.6 Å². The highest BCUT2D eigenvalue weighted by Crippen LogP contribution is 2.31. The summed E-state index contributed by atoms with van der Waals surface area (Å²) in [4.78, 5) is 37.0. The van der Waals surface area contributed by atoms with Crippen molar-refractivity contribution in [2.24, 2.45) is 0 Å². The lowest BCUT2D eigenvalue weighted by Gasteiger charge is -2.35. The summed E-state index contributed by atoms with van der Waals surface area (Å²) in [5, 5.41) is 18.4. The number of ether oxygens (including phenoxy) is 2. The van der Waals surface area contributed by atoms with E-state index in [1.807, 2.05) is 24.3 Å². The molecule has 0 saturated carbocycles. The molecule has 0 spiro atoms. The van der Waals surface area contributed by atoms with Gasteiger partial charge in [-0.15, -0.1) is 0 Å². The van der Waals surface area contributed by atoms with Gasteiger partial charge in [0.25, 0.3) is 0 Å². The van der Waals surface area contributed by atoms with Crippen LogP contribution < -0.4 is 20.9 Å². The maximum absolute atomic E-state index is 12.6. The fourth-order valence-electron chi connectivity index (χ4n) is 3.82. The highest BCUT2D eigenvalue weighted by Gasteiger charge is 2.21. The van der Waals surface area contributed by atoms with E-state index in [0.717, 1.165) is 38.4 Å². The lowest BCUT2D eigenvalue weighted by atomic mass is 10.2. The molecule has 1 aliphatic rings. The summed E-state index contributed by atoms with van der Waals surface area (Å²) in [5.74, 6) is 0.123. The van der Waals surface area contributed by atoms with E-state index in [9.17, 15) is 14.9 Å². The fourth-order valence-corrected chi connectivity index (χ4v) is 3.82. The van der Waals surface area contributed by atoms with Crippen LogP contribution >= 0.6 is 0 Å². The fraction of sp³-hybridized carbons (Fsp3) is 0.500. The molecule has 0 unspecified atom stereocenters. The van der Waals surface area contributed by atoms with Crippen molar-refractivity contribution in [2.75, 3.05) is 66.7 Å². The molecule has 204 valence electrons. The zero-order chi connectivity index (χ0) is 27.7. The number of nitriles is 1. The zero-order valence-electron chi connectivity index (χ0n) is 22.6. The monoisotopic (exact) mass is 524 g/mol. The number of rotatable bonds is 9. The van der Waals surface area contributed by atoms with E-state index in [1.165, 1.54) is 13.1 Å². The summed E-state index contributed by atoms with van der Waals surface area (Å²) < 4.78 is 10.4. The van der Waals surface area contributed by atoms with Crippen LogP contribution in [-0.4, -0.2) is 78.4 Å². The molecule has 1 saturated heterocycles. The standard InChI is InChI=1S/C26H36N8O4/c1-6-33-10-12-34(13-11-33)20-7-8-21(22(15-20)31-25(36)38-26(3,4)5)30-24-29-17-19(16-27)23(32-24)28-9-14-37-18(2)35/h7-8,15,17H,6,9-14H2,1-5H3,(H,31,36)(H2,28,29,30,32). The zero-order valence-corrected chi connectivity index (χ0v) is 22.6. The first-order valence-electron chi connectivity index (χ1n) is 12.6. The van der Waals surface area contributed by atoms with Crippen molar-refractivity contribution >= 4 is 40.9 Å². The molecule has 3 rings (SSSR count). The quantitative estimate of drug-likeness (QED) is 0.327. The number of nitrogens with zero attached hydrogens (tertiary/aromatic N) is 5. The molecule has 2 heterocycles. The predicted octanol–water partition coefficient (Wildman–Crippen LogP) is 3.56. The normalized spacial score (nSPS) is 13.8. The Bertz CT molecular complexity index is 1170. The number of carbonyl (C=O) groups is 2. The smallest absolute Gasteiger partial charge is 0.412 e. The number of esters is 1. The number of hydrogen-bond donors (Lipinski definition) is 3. The van der Waals surface area contributed by atoms with E-state index in [0.29, 0.717) is 17.2 Å². The molecule has 38 heavy (non-hydrogen) atoms. The first-order valence-corrected chi connectivity index (χ1v) is 12.6. The van der Waals surface area contributed by atoms with Gasteiger partial charge >= 0.3 is 12.1 Å². The van der Waals surface area contributed by atoms with Crippen molar-refractivity contribution in [1.82, 2.24) is 14.9 Å². The molecule has 0 radical (unpaired) electrons. The van der Waals surface area contributed by atoms with Gasteiger partial charge in [0.1, 0.15) is 29.7 Å². The number of likely N-dealkylation sites (N-methyl/N-ethyl adjacent to an activating group) is 1. The van der Waals surface area contributed by atoms with E-state index >= 15 is 0 Å². The summed E-state index contributed by atoms with van der Waals surface area (Å²) in [6.45, 7) is 14.0. The minimum absolute atomic E-state index is 0.130. The molecule has 0 atom stereocenters. The van der Waals surface area contributed by atoms with Gasteiger partial charge in [-0.25, -0.2) is 9.78 Å². The number of aromatic nitrogens is 2. The van der Waals surface area contributed by atoms with Crippen LogP contribution in [0.5, 0.6) is 0 Å². The largest absolute Gasteiger partial charge is 0.464 e. The average molecular weight is 525 g/mol. The van der Waals surface area contributed by atoms with Gasteiger partial charge in [-0.1, -0.05) is 6.92 Å². The Kier molecular flexibility index (Phi) is 9.67. The number of piperazine rings is 1. The molecule has 1 aromatic heterocycles. The Balaban J connectivity index is 1.84. The molecule has 3 N–H and O–H groups in total. The molecule has 12 heteroatoms. The number of amides is 1. The van der Waals surface area contributed by atoms with Gasteiger partial charge < -0.3 is 29.9 Å². The van der Waals surface area contributed by atoms with Crippen LogP contribution in [0.1, 0.15) is 40.2 Å². The van der Waals surface area contributed by atoms with Gasteiger partial charge in [0.15, 0.2) is 0 Å². The summed E-state index contributed by atoms with van der Waals surface area (Å²) >= 11 is 0. The molecule has 12 nitrogen and oxygen atoms in total. The summed E-state index contributed by atoms with van der Waals surface area (Å²) in [6.07, 6.45) is 0.813. The molecule has 0 bridgehead atoms. The molecule has 1 fully saturated rings. The van der Waals surface area contributed by atoms with E-state index < -0.39 is 17.7 Å². The third-order valence-electron chi connectivity index (χ3n) is 5.68. The third kappa shape index (κ3) is 8.48. The van der Waals surface area contributed by atoms with Crippen LogP contribution in [0.3, 0.4) is 0 Å². The summed E-state index contributed by atoms with van der Waals surface area (Å²) in [7, 11) is 0. The Morgan fingerprint density at radius 3 is 2.53 bits per heavy atom. The molecule has 1 amide bonds. The van der Waals surface area contributed by atoms with Crippen molar-refractivity contribution in [2.45, 2.75) is 40.2 Å². The summed E-state index contributed by atoms with van der Waals surface area (Å²) in [5.41, 5.74) is 1.63. The predicted molar refractivity (Wildman–Crippen MR) is 146 cm³/mol. The Labute approximate surface area is 223 Å². The maximum atomic E-state index is 12.6. The lowest BCUT2D eigenvalue weighted by Crippen LogP contribution is -2.46. The van der Waals surface area contributed by atoms with E-state index in [4.69, 9.17) is 9.47 Å². The number of benzene rings is 1. The molecule has 1 aliphatic heterocycles. The Morgan fingerprint density at radius 1 is 1.16 bits per heavy atom. The van der Waals surface area contributed by atoms with Gasteiger partial charge in [-0.05, 0) is 45.5 Å². The summed E-state index contributed by atoms with van der Waals surface area (Å²) in [6, 6.07) is 7.77. The van der Waals surface area contributed by atoms with Crippen molar-refractivity contribution < 1.29 is 19.1 Å². The van der Waals surface area contributed by atoms with Crippen LogP contribution in [0.2, 0.25) is 0 Å². The number of hydrogen-bond acceptors (Lipinski definition) is 11. The van der Waals surface area contributed by atoms with Gasteiger partial charge in [0, 0.05) is 38.8 Å². The minimum Gasteiger partial charge on any atom is -0.464 e. The second-order valence-corrected chi connectivity index (χ2v) is 9.74. The second kappa shape index (κ2) is 12.9. The van der Waals surface area contributed by atoms with Crippen LogP contribution in [0.15, 0.2) is 24.4 Å². The Hall–Kier alpha value is -4.11. The third-order valence-corrected chi connectivity index (χ3v) is 5.68. The SMILES string of the molecule is CCN1CCN(c2ccc(Nc3ncc(C#N)c(NCCOC(C)=O)n3)c(NC(=O)OC(C)(C)C)c2)CC1. The van der Waals surface area contributed by atoms with Crippen molar-refractivity contribution in [3.05, 3.63) is 30.0 Å². The van der Waals surface area contributed by atoms with Crippen molar-refractivity contribution in [1.29, 1.82) is 5.26 Å². The van der Waals surface area contributed by atoms with E-state index in [1.54, 1.807) is 20.8 Å². The highest BCUT2D eigenvalue weighted by atomic mass is 16.6. The average Bonchev–Trinajstić information content (AvgIpc) is 2.86. The van der Waals surface area contributed by atoms with Gasteiger partial charge in [0.05, 0.1) is 24.1 Å². The van der Waals surface area contributed by atoms with Gasteiger partial charge in [-0.3, -0.25) is 10.1 Å². The van der Waals surface area contributed by atoms with Crippen LogP contribution in [0.4, 0.5) is 33.6 Å². The molecule has 1 aromatic carbocycles. The topological polar surface area (TPSA) is 145 Å². The van der Waals surface area contributed by atoms with Crippen molar-refractivity contribution in [3.8, 4) is 6.07 Å². The molecule has 2 aromatic rings. The second-order valence-electron chi connectivity index (χ2n) is 9.74.